The lowest BCUT2D eigenvalue weighted by Crippen LogP contribution is -2.18. The van der Waals surface area contributed by atoms with Crippen LogP contribution in [0.1, 0.15) is 12.5 Å². The van der Waals surface area contributed by atoms with Crippen LogP contribution in [0.15, 0.2) is 64.4 Å². The minimum absolute atomic E-state index is 0.0684. The summed E-state index contributed by atoms with van der Waals surface area (Å²) in [6, 6.07) is 17.4. The predicted molar refractivity (Wildman–Crippen MR) is 74.9 cm³/mol. The second-order valence-electron chi connectivity index (χ2n) is 4.37. The second-order valence-corrected chi connectivity index (χ2v) is 5.82. The molecule has 0 heterocycles. The quantitative estimate of drug-likeness (QED) is 0.917. The van der Waals surface area contributed by atoms with Gasteiger partial charge >= 0.3 is 0 Å². The fraction of sp³-hybridized carbons (Fsp3) is 0.200. The highest BCUT2D eigenvalue weighted by Crippen LogP contribution is 2.20. The maximum Gasteiger partial charge on any atom is 0.0852 e. The SMILES string of the molecule is CC(N)Cc1ccccc1S(=O)c1ccccc1. The summed E-state index contributed by atoms with van der Waals surface area (Å²) in [5.74, 6) is 0. The van der Waals surface area contributed by atoms with Crippen LogP contribution in [-0.2, 0) is 17.2 Å². The highest BCUT2D eigenvalue weighted by Gasteiger charge is 2.12. The van der Waals surface area contributed by atoms with E-state index < -0.39 is 10.8 Å². The van der Waals surface area contributed by atoms with Gasteiger partial charge in [0.2, 0.25) is 0 Å². The molecular formula is C15H17NOS. The molecule has 0 saturated heterocycles. The number of nitrogens with two attached hydrogens (primary N) is 1. The third-order valence-electron chi connectivity index (χ3n) is 2.67. The van der Waals surface area contributed by atoms with Crippen molar-refractivity contribution in [3.8, 4) is 0 Å². The molecule has 3 heteroatoms. The first kappa shape index (κ1) is 13.0. The Morgan fingerprint density at radius 3 is 2.33 bits per heavy atom. The largest absolute Gasteiger partial charge is 0.328 e. The third-order valence-corrected chi connectivity index (χ3v) is 4.17. The van der Waals surface area contributed by atoms with Crippen molar-refractivity contribution in [1.82, 2.24) is 0 Å². The van der Waals surface area contributed by atoms with Gasteiger partial charge in [0, 0.05) is 15.8 Å². The van der Waals surface area contributed by atoms with Crippen LogP contribution < -0.4 is 5.73 Å². The van der Waals surface area contributed by atoms with Gasteiger partial charge in [-0.2, -0.15) is 0 Å². The van der Waals surface area contributed by atoms with E-state index in [1.54, 1.807) is 0 Å². The van der Waals surface area contributed by atoms with E-state index >= 15 is 0 Å². The predicted octanol–water partition coefficient (Wildman–Crippen LogP) is 2.74. The second kappa shape index (κ2) is 5.94. The molecule has 0 saturated carbocycles. The molecule has 2 N–H and O–H groups in total. The van der Waals surface area contributed by atoms with E-state index in [0.29, 0.717) is 0 Å². The Balaban J connectivity index is 2.36. The highest BCUT2D eigenvalue weighted by molar-refractivity contribution is 7.85. The topological polar surface area (TPSA) is 43.1 Å². The molecule has 2 nitrogen and oxygen atoms in total. The van der Waals surface area contributed by atoms with Crippen molar-refractivity contribution in [1.29, 1.82) is 0 Å². The Morgan fingerprint density at radius 1 is 1.06 bits per heavy atom. The number of hydrogen-bond donors (Lipinski definition) is 1. The van der Waals surface area contributed by atoms with Crippen LogP contribution >= 0.6 is 0 Å². The van der Waals surface area contributed by atoms with Crippen LogP contribution in [0.4, 0.5) is 0 Å². The Bertz CT molecular complexity index is 537. The van der Waals surface area contributed by atoms with Gasteiger partial charge in [-0.15, -0.1) is 0 Å². The zero-order chi connectivity index (χ0) is 13.0. The molecule has 18 heavy (non-hydrogen) atoms. The van der Waals surface area contributed by atoms with Crippen molar-refractivity contribution in [3.05, 3.63) is 60.2 Å². The first-order valence-electron chi connectivity index (χ1n) is 5.99. The summed E-state index contributed by atoms with van der Waals surface area (Å²) >= 11 is 0. The Hall–Kier alpha value is -1.45. The van der Waals surface area contributed by atoms with Gasteiger partial charge in [0.15, 0.2) is 0 Å². The summed E-state index contributed by atoms with van der Waals surface area (Å²) in [4.78, 5) is 1.69. The normalized spacial score (nSPS) is 14.1. The van der Waals surface area contributed by atoms with E-state index in [4.69, 9.17) is 5.73 Å². The zero-order valence-corrected chi connectivity index (χ0v) is 11.2. The smallest absolute Gasteiger partial charge is 0.0852 e. The molecule has 0 aliphatic rings. The lowest BCUT2D eigenvalue weighted by atomic mass is 10.1. The Morgan fingerprint density at radius 2 is 1.67 bits per heavy atom. The van der Waals surface area contributed by atoms with Crippen LogP contribution in [0.2, 0.25) is 0 Å². The fourth-order valence-corrected chi connectivity index (χ4v) is 3.12. The summed E-state index contributed by atoms with van der Waals surface area (Å²) in [5, 5.41) is 0. The van der Waals surface area contributed by atoms with Gasteiger partial charge in [-0.05, 0) is 37.1 Å². The molecule has 2 aromatic rings. The van der Waals surface area contributed by atoms with E-state index in [-0.39, 0.29) is 6.04 Å². The van der Waals surface area contributed by atoms with E-state index in [9.17, 15) is 4.21 Å². The summed E-state index contributed by atoms with van der Waals surface area (Å²) in [7, 11) is -1.13. The van der Waals surface area contributed by atoms with Gasteiger partial charge in [0.1, 0.15) is 0 Å². The van der Waals surface area contributed by atoms with E-state index in [1.165, 1.54) is 0 Å². The van der Waals surface area contributed by atoms with Gasteiger partial charge in [-0.25, -0.2) is 4.21 Å². The van der Waals surface area contributed by atoms with E-state index in [1.807, 2.05) is 61.5 Å². The van der Waals surface area contributed by atoms with Crippen molar-refractivity contribution in [2.24, 2.45) is 5.73 Å². The number of rotatable bonds is 4. The molecule has 2 atom stereocenters. The van der Waals surface area contributed by atoms with Crippen LogP contribution in [0.25, 0.3) is 0 Å². The first-order valence-corrected chi connectivity index (χ1v) is 7.14. The van der Waals surface area contributed by atoms with E-state index in [2.05, 4.69) is 0 Å². The van der Waals surface area contributed by atoms with Crippen molar-refractivity contribution in [2.75, 3.05) is 0 Å². The molecule has 0 spiro atoms. The van der Waals surface area contributed by atoms with Gasteiger partial charge in [0.05, 0.1) is 10.8 Å². The van der Waals surface area contributed by atoms with Gasteiger partial charge in [0.25, 0.3) is 0 Å². The lowest BCUT2D eigenvalue weighted by Gasteiger charge is -2.11. The summed E-state index contributed by atoms with van der Waals surface area (Å²) in [5.41, 5.74) is 6.90. The average Bonchev–Trinajstić information content (AvgIpc) is 2.39. The number of hydrogen-bond acceptors (Lipinski definition) is 2. The zero-order valence-electron chi connectivity index (χ0n) is 10.4. The van der Waals surface area contributed by atoms with E-state index in [0.717, 1.165) is 21.8 Å². The highest BCUT2D eigenvalue weighted by atomic mass is 32.2. The fourth-order valence-electron chi connectivity index (χ4n) is 1.87. The Labute approximate surface area is 110 Å². The molecule has 0 radical (unpaired) electrons. The monoisotopic (exact) mass is 259 g/mol. The van der Waals surface area contributed by atoms with Gasteiger partial charge < -0.3 is 5.73 Å². The summed E-state index contributed by atoms with van der Waals surface area (Å²) in [6.45, 7) is 1.96. The van der Waals surface area contributed by atoms with Crippen molar-refractivity contribution in [3.63, 3.8) is 0 Å². The minimum atomic E-state index is -1.13. The minimum Gasteiger partial charge on any atom is -0.328 e. The summed E-state index contributed by atoms with van der Waals surface area (Å²) in [6.07, 6.45) is 0.745. The van der Waals surface area contributed by atoms with Crippen molar-refractivity contribution >= 4 is 10.8 Å². The maximum atomic E-state index is 12.5. The molecule has 2 aromatic carbocycles. The van der Waals surface area contributed by atoms with Crippen LogP contribution in [0.5, 0.6) is 0 Å². The molecule has 0 aliphatic heterocycles. The molecule has 0 bridgehead atoms. The lowest BCUT2D eigenvalue weighted by molar-refractivity contribution is 0.679. The maximum absolute atomic E-state index is 12.5. The van der Waals surface area contributed by atoms with Crippen LogP contribution in [-0.4, -0.2) is 10.3 Å². The van der Waals surface area contributed by atoms with Gasteiger partial charge in [-0.1, -0.05) is 36.4 Å². The first-order chi connectivity index (χ1) is 8.68. The molecule has 0 amide bonds. The average molecular weight is 259 g/mol. The molecule has 2 rings (SSSR count). The summed E-state index contributed by atoms with van der Waals surface area (Å²) < 4.78 is 12.5. The van der Waals surface area contributed by atoms with Crippen LogP contribution in [0, 0.1) is 0 Å². The number of benzene rings is 2. The molecule has 94 valence electrons. The molecule has 2 unspecified atom stereocenters. The Kier molecular flexibility index (Phi) is 4.28. The third kappa shape index (κ3) is 3.06. The van der Waals surface area contributed by atoms with Gasteiger partial charge in [-0.3, -0.25) is 0 Å². The molecule has 0 aromatic heterocycles. The molecular weight excluding hydrogens is 242 g/mol. The standard InChI is InChI=1S/C15H17NOS/c1-12(16)11-13-7-5-6-10-15(13)18(17)14-8-3-2-4-9-14/h2-10,12H,11,16H2,1H3. The van der Waals surface area contributed by atoms with Crippen LogP contribution in [0.3, 0.4) is 0 Å². The van der Waals surface area contributed by atoms with Crippen molar-refractivity contribution < 1.29 is 4.21 Å². The molecule has 0 aliphatic carbocycles. The van der Waals surface area contributed by atoms with Crippen molar-refractivity contribution in [2.45, 2.75) is 29.2 Å². The molecule has 0 fully saturated rings.